The van der Waals surface area contributed by atoms with Crippen molar-refractivity contribution < 1.29 is 14.6 Å². The second kappa shape index (κ2) is 4.71. The number of halogens is 1. The number of carboxylic acid groups (broad SMARTS) is 1. The summed E-state index contributed by atoms with van der Waals surface area (Å²) in [5.74, 6) is 0.0338. The van der Waals surface area contributed by atoms with Gasteiger partial charge in [0.1, 0.15) is 5.75 Å². The van der Waals surface area contributed by atoms with Gasteiger partial charge in [0.05, 0.1) is 13.5 Å². The summed E-state index contributed by atoms with van der Waals surface area (Å²) < 4.78 is 5.55. The van der Waals surface area contributed by atoms with E-state index in [1.54, 1.807) is 7.11 Å². The van der Waals surface area contributed by atoms with Gasteiger partial charge in [-0.05, 0) is 50.3 Å². The molecule has 19 heavy (non-hydrogen) atoms. The van der Waals surface area contributed by atoms with Gasteiger partial charge >= 0.3 is 5.97 Å². The summed E-state index contributed by atoms with van der Waals surface area (Å²) in [5, 5.41) is 9.85. The summed E-state index contributed by atoms with van der Waals surface area (Å²) in [4.78, 5) is 11.1. The van der Waals surface area contributed by atoms with Crippen LogP contribution in [-0.2, 0) is 10.2 Å². The molecule has 0 saturated heterocycles. The van der Waals surface area contributed by atoms with Crippen LogP contribution in [-0.4, -0.2) is 18.2 Å². The Morgan fingerprint density at radius 3 is 2.26 bits per heavy atom. The lowest BCUT2D eigenvalue weighted by molar-refractivity contribution is -0.137. The first-order valence-electron chi connectivity index (χ1n) is 6.39. The summed E-state index contributed by atoms with van der Waals surface area (Å²) in [6, 6.07) is 0. The van der Waals surface area contributed by atoms with Crippen molar-refractivity contribution in [1.82, 2.24) is 0 Å². The quantitative estimate of drug-likeness (QED) is 0.914. The van der Waals surface area contributed by atoms with Crippen molar-refractivity contribution in [2.45, 2.75) is 45.4 Å². The second-order valence-corrected chi connectivity index (χ2v) is 5.83. The Morgan fingerprint density at radius 2 is 1.84 bits per heavy atom. The van der Waals surface area contributed by atoms with Crippen LogP contribution in [0.5, 0.6) is 5.75 Å². The number of carbonyl (C=O) groups is 1. The van der Waals surface area contributed by atoms with Gasteiger partial charge in [-0.15, -0.1) is 0 Å². The smallest absolute Gasteiger partial charge is 0.304 e. The molecule has 1 aliphatic carbocycles. The third kappa shape index (κ3) is 2.20. The lowest BCUT2D eigenvalue weighted by atomic mass is 9.85. The maximum Gasteiger partial charge on any atom is 0.304 e. The molecule has 0 spiro atoms. The van der Waals surface area contributed by atoms with E-state index < -0.39 is 5.97 Å². The molecule has 3 nitrogen and oxygen atoms in total. The zero-order valence-corrected chi connectivity index (χ0v) is 12.5. The Balaban J connectivity index is 2.66. The van der Waals surface area contributed by atoms with E-state index in [-0.39, 0.29) is 11.8 Å². The van der Waals surface area contributed by atoms with E-state index in [1.165, 1.54) is 0 Å². The molecule has 0 amide bonds. The van der Waals surface area contributed by atoms with Gasteiger partial charge in [0.2, 0.25) is 0 Å². The highest BCUT2D eigenvalue weighted by molar-refractivity contribution is 6.32. The number of hydrogen-bond acceptors (Lipinski definition) is 2. The molecule has 0 unspecified atom stereocenters. The minimum absolute atomic E-state index is 0.142. The highest BCUT2D eigenvalue weighted by atomic mass is 35.5. The molecule has 0 heterocycles. The first kappa shape index (κ1) is 14.2. The molecule has 1 saturated carbocycles. The van der Waals surface area contributed by atoms with Crippen LogP contribution in [0.4, 0.5) is 0 Å². The third-order valence-corrected chi connectivity index (χ3v) is 4.81. The summed E-state index contributed by atoms with van der Waals surface area (Å²) >= 11 is 6.38. The van der Waals surface area contributed by atoms with E-state index >= 15 is 0 Å². The van der Waals surface area contributed by atoms with E-state index in [4.69, 9.17) is 21.4 Å². The average molecular weight is 283 g/mol. The lowest BCUT2D eigenvalue weighted by Crippen LogP contribution is -2.17. The van der Waals surface area contributed by atoms with Gasteiger partial charge < -0.3 is 9.84 Å². The molecule has 1 aromatic rings. The van der Waals surface area contributed by atoms with Crippen LogP contribution in [0.3, 0.4) is 0 Å². The molecule has 2 rings (SSSR count). The van der Waals surface area contributed by atoms with Crippen LogP contribution in [0, 0.1) is 20.8 Å². The Bertz CT molecular complexity index is 545. The molecule has 1 aromatic carbocycles. The van der Waals surface area contributed by atoms with Crippen molar-refractivity contribution in [2.75, 3.05) is 7.11 Å². The van der Waals surface area contributed by atoms with E-state index in [0.717, 1.165) is 45.9 Å². The van der Waals surface area contributed by atoms with Crippen LogP contribution in [0.25, 0.3) is 0 Å². The van der Waals surface area contributed by atoms with Crippen LogP contribution in [0.1, 0.15) is 41.5 Å². The van der Waals surface area contributed by atoms with Crippen LogP contribution in [0.2, 0.25) is 5.02 Å². The molecule has 1 aliphatic rings. The zero-order chi connectivity index (χ0) is 14.4. The Kier molecular flexibility index (Phi) is 3.52. The molecule has 104 valence electrons. The molecular weight excluding hydrogens is 264 g/mol. The molecule has 1 fully saturated rings. The van der Waals surface area contributed by atoms with Crippen molar-refractivity contribution in [3.8, 4) is 5.75 Å². The SMILES string of the molecule is COc1c(C)c(C)c(Cl)c(C)c1C1(CC(=O)O)CC1. The van der Waals surface area contributed by atoms with Gasteiger partial charge in [0.25, 0.3) is 0 Å². The fourth-order valence-electron chi connectivity index (χ4n) is 2.93. The summed E-state index contributed by atoms with van der Waals surface area (Å²) in [6.45, 7) is 5.89. The van der Waals surface area contributed by atoms with Crippen LogP contribution >= 0.6 is 11.6 Å². The molecule has 1 N–H and O–H groups in total. The largest absolute Gasteiger partial charge is 0.496 e. The van der Waals surface area contributed by atoms with Gasteiger partial charge in [0, 0.05) is 16.0 Å². The van der Waals surface area contributed by atoms with E-state index in [1.807, 2.05) is 20.8 Å². The summed E-state index contributed by atoms with van der Waals surface area (Å²) in [7, 11) is 1.63. The molecule has 4 heteroatoms. The lowest BCUT2D eigenvalue weighted by Gasteiger charge is -2.24. The number of hydrogen-bond donors (Lipinski definition) is 1. The Labute approximate surface area is 118 Å². The first-order valence-corrected chi connectivity index (χ1v) is 6.77. The van der Waals surface area contributed by atoms with Crippen molar-refractivity contribution in [3.05, 3.63) is 27.3 Å². The fraction of sp³-hybridized carbons (Fsp3) is 0.533. The topological polar surface area (TPSA) is 46.5 Å². The zero-order valence-electron chi connectivity index (χ0n) is 11.8. The van der Waals surface area contributed by atoms with Crippen molar-refractivity contribution >= 4 is 17.6 Å². The van der Waals surface area contributed by atoms with Gasteiger partial charge in [-0.1, -0.05) is 11.6 Å². The van der Waals surface area contributed by atoms with Crippen LogP contribution < -0.4 is 4.74 Å². The van der Waals surface area contributed by atoms with Gasteiger partial charge in [-0.2, -0.15) is 0 Å². The average Bonchev–Trinajstić information content (AvgIpc) is 3.10. The minimum Gasteiger partial charge on any atom is -0.496 e. The molecule has 0 aromatic heterocycles. The molecule has 0 radical (unpaired) electrons. The predicted molar refractivity (Wildman–Crippen MR) is 75.4 cm³/mol. The Hall–Kier alpha value is -1.22. The normalized spacial score (nSPS) is 16.3. The monoisotopic (exact) mass is 282 g/mol. The minimum atomic E-state index is -0.770. The maximum absolute atomic E-state index is 11.1. The van der Waals surface area contributed by atoms with E-state index in [2.05, 4.69) is 0 Å². The molecule has 0 atom stereocenters. The van der Waals surface area contributed by atoms with E-state index in [0.29, 0.717) is 0 Å². The highest BCUT2D eigenvalue weighted by Gasteiger charge is 2.49. The van der Waals surface area contributed by atoms with Crippen molar-refractivity contribution in [1.29, 1.82) is 0 Å². The summed E-state index contributed by atoms with van der Waals surface area (Å²) in [6.07, 6.45) is 1.91. The fourth-order valence-corrected chi connectivity index (χ4v) is 3.17. The van der Waals surface area contributed by atoms with E-state index in [9.17, 15) is 4.79 Å². The number of rotatable bonds is 4. The van der Waals surface area contributed by atoms with Crippen molar-refractivity contribution in [3.63, 3.8) is 0 Å². The number of carboxylic acids is 1. The highest BCUT2D eigenvalue weighted by Crippen LogP contribution is 2.57. The molecular formula is C15H19ClO3. The molecule has 0 aliphatic heterocycles. The standard InChI is InChI=1S/C15H19ClO3/c1-8-9(2)14(19-4)12(10(3)13(8)16)15(5-6-15)7-11(17)18/h5-7H2,1-4H3,(H,17,18). The maximum atomic E-state index is 11.1. The van der Waals surface area contributed by atoms with Gasteiger partial charge in [0.15, 0.2) is 0 Å². The summed E-state index contributed by atoms with van der Waals surface area (Å²) in [5.41, 5.74) is 3.67. The number of aliphatic carboxylic acids is 1. The predicted octanol–water partition coefficient (Wildman–Crippen LogP) is 3.78. The van der Waals surface area contributed by atoms with Gasteiger partial charge in [-0.3, -0.25) is 4.79 Å². The second-order valence-electron chi connectivity index (χ2n) is 5.45. The van der Waals surface area contributed by atoms with Crippen LogP contribution in [0.15, 0.2) is 0 Å². The van der Waals surface area contributed by atoms with Crippen molar-refractivity contribution in [2.24, 2.45) is 0 Å². The third-order valence-electron chi connectivity index (χ3n) is 4.24. The number of ether oxygens (including phenoxy) is 1. The van der Waals surface area contributed by atoms with Gasteiger partial charge in [-0.25, -0.2) is 0 Å². The Morgan fingerprint density at radius 1 is 1.26 bits per heavy atom. The first-order chi connectivity index (χ1) is 8.84. The number of methoxy groups -OCH3 is 1. The number of benzene rings is 1. The molecule has 0 bridgehead atoms.